The van der Waals surface area contributed by atoms with Gasteiger partial charge in [0.25, 0.3) is 0 Å². The Kier molecular flexibility index (Phi) is 7.31. The molecule has 0 bridgehead atoms. The molecule has 0 aliphatic heterocycles. The number of hydrogen-bond acceptors (Lipinski definition) is 3. The summed E-state index contributed by atoms with van der Waals surface area (Å²) in [6.07, 6.45) is -5.92. The van der Waals surface area contributed by atoms with Gasteiger partial charge in [0.05, 0.1) is 5.69 Å². The van der Waals surface area contributed by atoms with Gasteiger partial charge in [-0.05, 0) is 13.8 Å². The van der Waals surface area contributed by atoms with Gasteiger partial charge in [0.2, 0.25) is 0 Å². The number of alkyl halides is 16. The van der Waals surface area contributed by atoms with Crippen LogP contribution in [-0.2, 0) is 4.79 Å². The molecule has 20 heteroatoms. The highest BCUT2D eigenvalue weighted by molar-refractivity contribution is 7.15. The van der Waals surface area contributed by atoms with Gasteiger partial charge in [-0.1, -0.05) is 0 Å². The number of nitrogens with zero attached hydrogens (tertiary/aromatic N) is 1. The number of carbonyl (C=O) groups is 1. The van der Waals surface area contributed by atoms with Crippen LogP contribution in [0.1, 0.15) is 10.6 Å². The Morgan fingerprint density at radius 1 is 0.735 bits per heavy atom. The van der Waals surface area contributed by atoms with Crippen LogP contribution in [0, 0.1) is 13.8 Å². The van der Waals surface area contributed by atoms with Crippen molar-refractivity contribution in [3.8, 4) is 0 Å². The molecule has 0 unspecified atom stereocenters. The first kappa shape index (κ1) is 30.0. The van der Waals surface area contributed by atoms with Crippen LogP contribution in [0.4, 0.5) is 75.4 Å². The normalized spacial score (nSPS) is 15.1. The maximum absolute atomic E-state index is 13.8. The van der Waals surface area contributed by atoms with Crippen molar-refractivity contribution in [2.75, 3.05) is 5.32 Å². The molecule has 1 aromatic rings. The summed E-state index contributed by atoms with van der Waals surface area (Å²) < 4.78 is 212. The Morgan fingerprint density at radius 2 is 1.12 bits per heavy atom. The molecule has 0 aliphatic carbocycles. The number of aryl methyl sites for hydroxylation is 2. The van der Waals surface area contributed by atoms with E-state index < -0.39 is 58.9 Å². The third-order valence-electron chi connectivity index (χ3n) is 4.20. The zero-order valence-electron chi connectivity index (χ0n) is 15.9. The Labute approximate surface area is 181 Å². The van der Waals surface area contributed by atoms with E-state index in [1.807, 2.05) is 0 Å². The molecule has 0 aromatic carbocycles. The molecule has 0 saturated carbocycles. The van der Waals surface area contributed by atoms with Gasteiger partial charge in [0.1, 0.15) is 0 Å². The average Bonchev–Trinajstić information content (AvgIpc) is 2.97. The molecule has 34 heavy (non-hydrogen) atoms. The topological polar surface area (TPSA) is 42.0 Å². The number of thiazole rings is 1. The lowest BCUT2D eigenvalue weighted by atomic mass is 9.89. The van der Waals surface area contributed by atoms with Crippen LogP contribution in [-0.4, -0.2) is 58.8 Å². The van der Waals surface area contributed by atoms with Crippen LogP contribution in [0.5, 0.6) is 0 Å². The van der Waals surface area contributed by atoms with E-state index in [-0.39, 0.29) is 21.9 Å². The van der Waals surface area contributed by atoms with Crippen LogP contribution in [0.2, 0.25) is 0 Å². The van der Waals surface area contributed by atoms with Crippen LogP contribution < -0.4 is 5.32 Å². The fraction of sp³-hybridized carbons (Fsp3) is 0.714. The van der Waals surface area contributed by atoms with Gasteiger partial charge >= 0.3 is 53.8 Å². The molecule has 0 atom stereocenters. The van der Waals surface area contributed by atoms with Crippen molar-refractivity contribution in [3.63, 3.8) is 0 Å². The molecule has 0 fully saturated rings. The second-order valence-corrected chi connectivity index (χ2v) is 7.69. The molecule has 0 radical (unpaired) electrons. The monoisotopic (exact) mass is 556 g/mol. The quantitative estimate of drug-likeness (QED) is 0.358. The number of anilines is 1. The Balaban J connectivity index is 3.53. The predicted molar refractivity (Wildman–Crippen MR) is 80.9 cm³/mol. The standard InChI is InChI=1S/C14H8F16N2OS/c1-3-4(2)34-7(31-3)32-6(33)9(19,20)11(23,24)13(27,28)14(29,30)12(25,26)10(21,22)8(17,18)5(15)16/h5H,1-2H3,(H,31,32,33). The van der Waals surface area contributed by atoms with E-state index in [9.17, 15) is 75.0 Å². The van der Waals surface area contributed by atoms with E-state index in [1.165, 1.54) is 13.8 Å². The molecular formula is C14H8F16N2OS. The van der Waals surface area contributed by atoms with Crippen molar-refractivity contribution in [2.45, 2.75) is 61.7 Å². The van der Waals surface area contributed by atoms with Gasteiger partial charge in [0.15, 0.2) is 5.13 Å². The second kappa shape index (κ2) is 8.28. The lowest BCUT2D eigenvalue weighted by Crippen LogP contribution is -2.74. The van der Waals surface area contributed by atoms with E-state index in [2.05, 4.69) is 4.98 Å². The molecule has 0 spiro atoms. The summed E-state index contributed by atoms with van der Waals surface area (Å²) in [6.45, 7) is 2.39. The highest BCUT2D eigenvalue weighted by Crippen LogP contribution is 2.62. The minimum atomic E-state index is -8.55. The largest absolute Gasteiger partial charge is 0.393 e. The van der Waals surface area contributed by atoms with Crippen molar-refractivity contribution in [3.05, 3.63) is 10.6 Å². The zero-order valence-corrected chi connectivity index (χ0v) is 16.7. The highest BCUT2D eigenvalue weighted by Gasteiger charge is 2.94. The Bertz CT molecular complexity index is 905. The van der Waals surface area contributed by atoms with Gasteiger partial charge in [0, 0.05) is 4.88 Å². The van der Waals surface area contributed by atoms with Crippen molar-refractivity contribution >= 4 is 22.4 Å². The number of aromatic nitrogens is 1. The first-order valence-electron chi connectivity index (χ1n) is 7.93. The molecular weight excluding hydrogens is 548 g/mol. The van der Waals surface area contributed by atoms with Gasteiger partial charge in [-0.2, -0.15) is 61.5 Å². The van der Waals surface area contributed by atoms with Crippen LogP contribution in [0.15, 0.2) is 0 Å². The zero-order chi connectivity index (χ0) is 27.5. The minimum Gasteiger partial charge on any atom is -0.296 e. The maximum atomic E-state index is 13.8. The average molecular weight is 556 g/mol. The molecule has 1 aromatic heterocycles. The summed E-state index contributed by atoms with van der Waals surface area (Å²) in [4.78, 5) is 14.8. The SMILES string of the molecule is Cc1nc(NC(=O)C(F)(F)C(F)(F)C(F)(F)C(F)(F)C(F)(F)C(F)(F)C(F)(F)C(F)F)sc1C. The van der Waals surface area contributed by atoms with Gasteiger partial charge in [-0.15, -0.1) is 11.3 Å². The van der Waals surface area contributed by atoms with E-state index in [0.29, 0.717) is 0 Å². The van der Waals surface area contributed by atoms with Crippen molar-refractivity contribution < 1.29 is 75.0 Å². The number of carbonyl (C=O) groups excluding carboxylic acids is 1. The lowest BCUT2D eigenvalue weighted by molar-refractivity contribution is -0.443. The Morgan fingerprint density at radius 3 is 1.47 bits per heavy atom. The molecule has 1 heterocycles. The van der Waals surface area contributed by atoms with E-state index in [0.717, 1.165) is 5.32 Å². The van der Waals surface area contributed by atoms with Crippen molar-refractivity contribution in [1.29, 1.82) is 0 Å². The van der Waals surface area contributed by atoms with Crippen LogP contribution in [0.25, 0.3) is 0 Å². The fourth-order valence-electron chi connectivity index (χ4n) is 1.98. The van der Waals surface area contributed by atoms with Crippen LogP contribution >= 0.6 is 11.3 Å². The molecule has 1 amide bonds. The van der Waals surface area contributed by atoms with Crippen molar-refractivity contribution in [1.82, 2.24) is 4.98 Å². The van der Waals surface area contributed by atoms with Crippen molar-refractivity contribution in [2.24, 2.45) is 0 Å². The molecule has 0 aliphatic rings. The number of amides is 1. The van der Waals surface area contributed by atoms with Gasteiger partial charge in [-0.3, -0.25) is 10.1 Å². The summed E-state index contributed by atoms with van der Waals surface area (Å²) in [5, 5.41) is -0.214. The molecule has 1 N–H and O–H groups in total. The molecule has 0 saturated heterocycles. The predicted octanol–water partition coefficient (Wildman–Crippen LogP) is 6.41. The summed E-state index contributed by atoms with van der Waals surface area (Å²) in [7, 11) is 0. The molecule has 3 nitrogen and oxygen atoms in total. The van der Waals surface area contributed by atoms with E-state index in [1.54, 1.807) is 0 Å². The third-order valence-corrected chi connectivity index (χ3v) is 5.19. The number of rotatable bonds is 9. The molecule has 1 rings (SSSR count). The minimum absolute atomic E-state index is 0.0333. The third kappa shape index (κ3) is 3.94. The van der Waals surface area contributed by atoms with E-state index >= 15 is 0 Å². The lowest BCUT2D eigenvalue weighted by Gasteiger charge is -2.42. The fourth-order valence-corrected chi connectivity index (χ4v) is 2.79. The first-order chi connectivity index (χ1) is 14.7. The first-order valence-corrected chi connectivity index (χ1v) is 8.75. The molecule has 198 valence electrons. The summed E-state index contributed by atoms with van der Waals surface area (Å²) in [5.41, 5.74) is -0.0333. The summed E-state index contributed by atoms with van der Waals surface area (Å²) in [6, 6.07) is 0. The number of halogens is 16. The summed E-state index contributed by atoms with van der Waals surface area (Å²) >= 11 is 0.265. The second-order valence-electron chi connectivity index (χ2n) is 6.48. The maximum Gasteiger partial charge on any atom is 0.393 e. The highest BCUT2D eigenvalue weighted by atomic mass is 32.1. The smallest absolute Gasteiger partial charge is 0.296 e. The Hall–Kier alpha value is -2.02. The van der Waals surface area contributed by atoms with Crippen LogP contribution in [0.3, 0.4) is 0 Å². The van der Waals surface area contributed by atoms with E-state index in [4.69, 9.17) is 0 Å². The number of hydrogen-bond donors (Lipinski definition) is 1. The summed E-state index contributed by atoms with van der Waals surface area (Å²) in [5.74, 6) is -59.8. The van der Waals surface area contributed by atoms with Gasteiger partial charge in [-0.25, -0.2) is 13.8 Å². The van der Waals surface area contributed by atoms with Gasteiger partial charge < -0.3 is 0 Å². The number of nitrogens with one attached hydrogen (secondary N) is 1.